The summed E-state index contributed by atoms with van der Waals surface area (Å²) in [5.41, 5.74) is 8.26. The van der Waals surface area contributed by atoms with Crippen molar-refractivity contribution in [3.63, 3.8) is 0 Å². The Kier molecular flexibility index (Phi) is 3.99. The van der Waals surface area contributed by atoms with E-state index in [1.54, 1.807) is 12.1 Å². The highest BCUT2D eigenvalue weighted by Gasteiger charge is 1.97. The van der Waals surface area contributed by atoms with Crippen molar-refractivity contribution in [1.82, 2.24) is 0 Å². The molecule has 70 valence electrons. The number of rotatable bonds is 1. The number of benzene rings is 1. The Hall–Kier alpha value is -1.50. The Bertz CT molecular complexity index is 441. The van der Waals surface area contributed by atoms with Crippen molar-refractivity contribution in [2.45, 2.75) is 0 Å². The lowest BCUT2D eigenvalue weighted by Crippen LogP contribution is -1.83. The Morgan fingerprint density at radius 3 is 3.07 bits per heavy atom. The van der Waals surface area contributed by atoms with Crippen LogP contribution in [-0.2, 0) is 0 Å². The number of nitrogens with zero attached hydrogens (tertiary/aromatic N) is 3. The van der Waals surface area contributed by atoms with E-state index < -0.39 is 0 Å². The van der Waals surface area contributed by atoms with E-state index in [-0.39, 0.29) is 17.9 Å². The molecule has 0 unspecified atom stereocenters. The zero-order valence-corrected chi connectivity index (χ0v) is 8.62. The first kappa shape index (κ1) is 10.6. The van der Waals surface area contributed by atoms with Gasteiger partial charge in [-0.15, -0.1) is 0 Å². The van der Waals surface area contributed by atoms with Crippen LogP contribution in [0.2, 0.25) is 0 Å². The summed E-state index contributed by atoms with van der Waals surface area (Å²) < 4.78 is 13.8. The van der Waals surface area contributed by atoms with Crippen molar-refractivity contribution < 1.29 is 4.39 Å². The first-order valence-electron chi connectivity index (χ1n) is 3.69. The summed E-state index contributed by atoms with van der Waals surface area (Å²) in [5, 5.41) is 3.21. The monoisotopic (exact) mass is 253 g/mol. The predicted octanol–water partition coefficient (Wildman–Crippen LogP) is 3.25. The van der Waals surface area contributed by atoms with Crippen molar-refractivity contribution in [3.05, 3.63) is 44.5 Å². The molecule has 0 aliphatic heterocycles. The van der Waals surface area contributed by atoms with E-state index in [1.165, 1.54) is 6.07 Å². The number of halogens is 2. The quantitative estimate of drug-likeness (QED) is 0.319. The largest absolute Gasteiger partial charge is 0.206 e. The Morgan fingerprint density at radius 2 is 2.36 bits per heavy atom. The van der Waals surface area contributed by atoms with Gasteiger partial charge in [0.1, 0.15) is 5.82 Å². The van der Waals surface area contributed by atoms with Gasteiger partial charge in [0.05, 0.1) is 12.1 Å². The molecule has 1 aromatic carbocycles. The maximum atomic E-state index is 13.1. The van der Waals surface area contributed by atoms with Gasteiger partial charge in [0.25, 0.3) is 0 Å². The molecular weight excluding hydrogens is 249 g/mol. The second kappa shape index (κ2) is 5.28. The van der Waals surface area contributed by atoms with Crippen molar-refractivity contribution >= 4 is 15.9 Å². The summed E-state index contributed by atoms with van der Waals surface area (Å²) in [6.45, 7) is 0.0441. The van der Waals surface area contributed by atoms with E-state index in [0.717, 1.165) is 4.47 Å². The van der Waals surface area contributed by atoms with Crippen molar-refractivity contribution in [1.29, 1.82) is 0 Å². The van der Waals surface area contributed by atoms with Gasteiger partial charge in [0.15, 0.2) is 0 Å². The third-order valence-electron chi connectivity index (χ3n) is 1.36. The topological polar surface area (TPSA) is 48.8 Å². The summed E-state index contributed by atoms with van der Waals surface area (Å²) in [7, 11) is 0. The van der Waals surface area contributed by atoms with Gasteiger partial charge in [-0.2, -0.15) is 0 Å². The smallest absolute Gasteiger partial charge is 0.138 e. The van der Waals surface area contributed by atoms with Gasteiger partial charge in [-0.1, -0.05) is 32.9 Å². The Labute approximate surface area is 88.7 Å². The minimum Gasteiger partial charge on any atom is -0.206 e. The molecule has 0 aromatic heterocycles. The average molecular weight is 254 g/mol. The third-order valence-corrected chi connectivity index (χ3v) is 1.86. The summed E-state index contributed by atoms with van der Waals surface area (Å²) in [6.07, 6.45) is 0. The second-order valence-corrected chi connectivity index (χ2v) is 3.23. The van der Waals surface area contributed by atoms with Gasteiger partial charge in [0.2, 0.25) is 0 Å². The van der Waals surface area contributed by atoms with Crippen LogP contribution in [0.15, 0.2) is 27.8 Å². The average Bonchev–Trinajstić information content (AvgIpc) is 2.18. The molecule has 0 fully saturated rings. The molecule has 0 bridgehead atoms. The fraction of sp³-hybridized carbons (Fsp3) is 0.111. The molecule has 0 atom stereocenters. The molecule has 0 radical (unpaired) electrons. The first-order valence-corrected chi connectivity index (χ1v) is 4.48. The van der Waals surface area contributed by atoms with Gasteiger partial charge >= 0.3 is 0 Å². The van der Waals surface area contributed by atoms with E-state index >= 15 is 0 Å². The molecule has 1 aromatic rings. The highest BCUT2D eigenvalue weighted by molar-refractivity contribution is 9.10. The Balaban J connectivity index is 2.88. The molecule has 5 heteroatoms. The van der Waals surface area contributed by atoms with E-state index in [4.69, 9.17) is 5.53 Å². The number of hydrogen-bond acceptors (Lipinski definition) is 1. The molecule has 0 amide bonds. The lowest BCUT2D eigenvalue weighted by molar-refractivity contribution is 0.624. The standard InChI is InChI=1S/C9H5BrFN3/c10-8-3-4-9(11)7(6-8)2-1-5-13-14-12/h3-4,6H,5H2. The first-order chi connectivity index (χ1) is 6.74. The molecule has 0 aliphatic rings. The highest BCUT2D eigenvalue weighted by atomic mass is 79.9. The zero-order valence-electron chi connectivity index (χ0n) is 7.04. The number of azide groups is 1. The highest BCUT2D eigenvalue weighted by Crippen LogP contribution is 2.14. The molecule has 0 saturated carbocycles. The van der Waals surface area contributed by atoms with Gasteiger partial charge in [-0.25, -0.2) is 4.39 Å². The van der Waals surface area contributed by atoms with Gasteiger partial charge < -0.3 is 0 Å². The maximum absolute atomic E-state index is 13.1. The zero-order chi connectivity index (χ0) is 10.4. The molecule has 0 spiro atoms. The molecule has 0 aliphatic carbocycles. The SMILES string of the molecule is [N-]=[N+]=NCC#Cc1cc(Br)ccc1F. The third kappa shape index (κ3) is 3.09. The van der Waals surface area contributed by atoms with Crippen molar-refractivity contribution in [3.8, 4) is 11.8 Å². The van der Waals surface area contributed by atoms with Crippen LogP contribution >= 0.6 is 15.9 Å². The molecular formula is C9H5BrFN3. The van der Waals surface area contributed by atoms with Gasteiger partial charge in [-0.05, 0) is 23.7 Å². The van der Waals surface area contributed by atoms with Crippen LogP contribution in [0.1, 0.15) is 5.56 Å². The lowest BCUT2D eigenvalue weighted by Gasteiger charge is -1.94. The van der Waals surface area contributed by atoms with E-state index in [2.05, 4.69) is 37.8 Å². The molecule has 1 rings (SSSR count). The van der Waals surface area contributed by atoms with Crippen LogP contribution in [0.25, 0.3) is 10.4 Å². The van der Waals surface area contributed by atoms with Crippen molar-refractivity contribution in [2.75, 3.05) is 6.54 Å². The van der Waals surface area contributed by atoms with Crippen LogP contribution in [-0.4, -0.2) is 6.54 Å². The lowest BCUT2D eigenvalue weighted by atomic mass is 10.2. The van der Waals surface area contributed by atoms with Gasteiger partial charge in [0, 0.05) is 9.38 Å². The molecule has 14 heavy (non-hydrogen) atoms. The second-order valence-electron chi connectivity index (χ2n) is 2.31. The van der Waals surface area contributed by atoms with Gasteiger partial charge in [-0.3, -0.25) is 0 Å². The molecule has 0 heterocycles. The minimum absolute atomic E-state index is 0.0441. The van der Waals surface area contributed by atoms with Crippen LogP contribution in [0.4, 0.5) is 4.39 Å². The molecule has 0 saturated heterocycles. The predicted molar refractivity (Wildman–Crippen MR) is 55.0 cm³/mol. The van der Waals surface area contributed by atoms with E-state index in [9.17, 15) is 4.39 Å². The van der Waals surface area contributed by atoms with Crippen molar-refractivity contribution in [2.24, 2.45) is 5.11 Å². The Morgan fingerprint density at radius 1 is 1.57 bits per heavy atom. The fourth-order valence-corrected chi connectivity index (χ4v) is 1.16. The summed E-state index contributed by atoms with van der Waals surface area (Å²) >= 11 is 3.20. The maximum Gasteiger partial charge on any atom is 0.138 e. The summed E-state index contributed by atoms with van der Waals surface area (Å²) in [4.78, 5) is 2.53. The normalized spacial score (nSPS) is 8.43. The van der Waals surface area contributed by atoms with Crippen LogP contribution in [0.3, 0.4) is 0 Å². The van der Waals surface area contributed by atoms with Crippen LogP contribution in [0, 0.1) is 17.7 Å². The summed E-state index contributed by atoms with van der Waals surface area (Å²) in [6, 6.07) is 4.48. The molecule has 0 N–H and O–H groups in total. The fourth-order valence-electron chi connectivity index (χ4n) is 0.795. The van der Waals surface area contributed by atoms with E-state index in [1.807, 2.05) is 0 Å². The summed E-state index contributed by atoms with van der Waals surface area (Å²) in [5.74, 6) is 4.72. The van der Waals surface area contributed by atoms with Crippen LogP contribution < -0.4 is 0 Å². The minimum atomic E-state index is -0.387. The number of hydrogen-bond donors (Lipinski definition) is 0. The van der Waals surface area contributed by atoms with E-state index in [0.29, 0.717) is 0 Å². The molecule has 3 nitrogen and oxygen atoms in total. The van der Waals surface area contributed by atoms with Crippen LogP contribution in [0.5, 0.6) is 0 Å².